The normalized spacial score (nSPS) is 13.9. The number of aromatic nitrogens is 3. The molecule has 2 N–H and O–H groups in total. The molecular formula is C36H32BrCl2N5O3S. The Labute approximate surface area is 302 Å². The Balaban J connectivity index is 1.39. The number of rotatable bonds is 10. The van der Waals surface area contributed by atoms with Crippen LogP contribution in [0.4, 0.5) is 11.6 Å². The molecule has 0 bridgehead atoms. The van der Waals surface area contributed by atoms with Crippen LogP contribution in [0.5, 0.6) is 11.5 Å². The number of benzene rings is 4. The first-order valence-electron chi connectivity index (χ1n) is 15.1. The van der Waals surface area contributed by atoms with Gasteiger partial charge >= 0.3 is 0 Å². The molecule has 0 fully saturated rings. The van der Waals surface area contributed by atoms with Crippen LogP contribution in [0.25, 0.3) is 0 Å². The number of halogens is 3. The van der Waals surface area contributed by atoms with E-state index in [1.165, 1.54) is 11.8 Å². The summed E-state index contributed by atoms with van der Waals surface area (Å²) in [6.07, 6.45) is 0. The molecule has 1 atom stereocenters. The summed E-state index contributed by atoms with van der Waals surface area (Å²) in [4.78, 5) is 19.0. The van der Waals surface area contributed by atoms with E-state index in [-0.39, 0.29) is 12.5 Å². The highest BCUT2D eigenvalue weighted by atomic mass is 79.9. The van der Waals surface area contributed by atoms with Gasteiger partial charge in [0.1, 0.15) is 12.6 Å². The summed E-state index contributed by atoms with van der Waals surface area (Å²) in [7, 11) is 1.58. The van der Waals surface area contributed by atoms with Gasteiger partial charge in [-0.05, 0) is 83.7 Å². The van der Waals surface area contributed by atoms with Crippen LogP contribution in [-0.2, 0) is 17.2 Å². The standard InChI is InChI=1S/C36H32BrCl2N5O3S/c1-20-13-14-29(21(2)15-20)41-34(45)31-22(3)40-35-42-36(48-19-24-10-6-8-12-28(24)39)43-44(35)32(31)25-16-26(37)33(30(17-25)46-4)47-18-23-9-5-7-11-27(23)38/h5-17,32H,18-19H2,1-4H3,(H,41,45)(H,40,42,43). The van der Waals surface area contributed by atoms with Crippen molar-refractivity contribution in [2.45, 2.75) is 44.3 Å². The van der Waals surface area contributed by atoms with Gasteiger partial charge in [0.15, 0.2) is 11.5 Å². The molecule has 1 amide bonds. The quantitative estimate of drug-likeness (QED) is 0.137. The minimum atomic E-state index is -0.656. The molecule has 0 saturated heterocycles. The number of nitrogens with zero attached hydrogens (tertiary/aromatic N) is 3. The Bertz CT molecular complexity index is 2050. The number of carbonyl (C=O) groups excluding carboxylic acids is 1. The zero-order valence-electron chi connectivity index (χ0n) is 26.6. The number of anilines is 2. The second-order valence-electron chi connectivity index (χ2n) is 11.3. The van der Waals surface area contributed by atoms with E-state index in [1.54, 1.807) is 11.8 Å². The summed E-state index contributed by atoms with van der Waals surface area (Å²) in [5.74, 6) is 1.81. The van der Waals surface area contributed by atoms with Crippen LogP contribution >= 0.6 is 50.9 Å². The predicted octanol–water partition coefficient (Wildman–Crippen LogP) is 9.77. The molecule has 0 saturated carbocycles. The lowest BCUT2D eigenvalue weighted by Gasteiger charge is -2.29. The van der Waals surface area contributed by atoms with Crippen LogP contribution in [0.3, 0.4) is 0 Å². The maximum atomic E-state index is 14.2. The molecule has 2 heterocycles. The lowest BCUT2D eigenvalue weighted by atomic mass is 9.94. The fourth-order valence-corrected chi connectivity index (χ4v) is 7.38. The molecule has 5 aromatic rings. The predicted molar refractivity (Wildman–Crippen MR) is 197 cm³/mol. The Morgan fingerprint density at radius 1 is 1.00 bits per heavy atom. The van der Waals surface area contributed by atoms with Gasteiger partial charge in [-0.15, -0.1) is 5.10 Å². The molecule has 0 spiro atoms. The molecule has 4 aromatic carbocycles. The van der Waals surface area contributed by atoms with Gasteiger partial charge in [0.05, 0.1) is 17.2 Å². The van der Waals surface area contributed by atoms with Crippen molar-refractivity contribution in [3.05, 3.63) is 132 Å². The average molecular weight is 766 g/mol. The lowest BCUT2D eigenvalue weighted by molar-refractivity contribution is -0.113. The minimum absolute atomic E-state index is 0.239. The summed E-state index contributed by atoms with van der Waals surface area (Å²) in [6, 6.07) is 24.3. The third-order valence-corrected chi connectivity index (χ3v) is 10.1. The Kier molecular flexibility index (Phi) is 10.4. The van der Waals surface area contributed by atoms with Crippen molar-refractivity contribution in [2.75, 3.05) is 17.7 Å². The number of amides is 1. The minimum Gasteiger partial charge on any atom is -0.493 e. The molecule has 12 heteroatoms. The average Bonchev–Trinajstić information content (AvgIpc) is 3.47. The number of nitrogens with one attached hydrogen (secondary N) is 2. The molecule has 1 unspecified atom stereocenters. The zero-order valence-corrected chi connectivity index (χ0v) is 30.5. The van der Waals surface area contributed by atoms with Crippen LogP contribution in [-0.4, -0.2) is 27.8 Å². The van der Waals surface area contributed by atoms with Crippen LogP contribution < -0.4 is 20.1 Å². The SMILES string of the molecule is COc1cc(C2C(C(=O)Nc3ccc(C)cc3C)=C(C)Nc3nc(SCc4ccccc4Cl)nn32)cc(Br)c1OCc1ccccc1Cl. The van der Waals surface area contributed by atoms with E-state index >= 15 is 0 Å². The highest BCUT2D eigenvalue weighted by molar-refractivity contribution is 9.10. The van der Waals surface area contributed by atoms with E-state index in [2.05, 4.69) is 26.6 Å². The summed E-state index contributed by atoms with van der Waals surface area (Å²) >= 11 is 18.0. The highest BCUT2D eigenvalue weighted by Gasteiger charge is 2.35. The molecule has 246 valence electrons. The molecule has 48 heavy (non-hydrogen) atoms. The van der Waals surface area contributed by atoms with Crippen molar-refractivity contribution in [1.29, 1.82) is 0 Å². The second-order valence-corrected chi connectivity index (χ2v) is 13.9. The number of ether oxygens (including phenoxy) is 2. The summed E-state index contributed by atoms with van der Waals surface area (Å²) in [5, 5.41) is 13.2. The first-order valence-corrected chi connectivity index (χ1v) is 17.6. The van der Waals surface area contributed by atoms with Crippen LogP contribution in [0.1, 0.15) is 40.8 Å². The third kappa shape index (κ3) is 7.22. The summed E-state index contributed by atoms with van der Waals surface area (Å²) in [6.45, 7) is 6.10. The molecule has 1 aromatic heterocycles. The van der Waals surface area contributed by atoms with Gasteiger partial charge in [-0.3, -0.25) is 4.79 Å². The smallest absolute Gasteiger partial charge is 0.255 e. The van der Waals surface area contributed by atoms with E-state index < -0.39 is 6.04 Å². The highest BCUT2D eigenvalue weighted by Crippen LogP contribution is 2.44. The fourth-order valence-electron chi connectivity index (χ4n) is 5.50. The molecule has 1 aliphatic rings. The van der Waals surface area contributed by atoms with Crippen molar-refractivity contribution in [2.24, 2.45) is 0 Å². The number of allylic oxidation sites excluding steroid dienone is 1. The van der Waals surface area contributed by atoms with Crippen LogP contribution in [0.15, 0.2) is 99.8 Å². The second kappa shape index (κ2) is 14.7. The maximum absolute atomic E-state index is 14.2. The van der Waals surface area contributed by atoms with Gasteiger partial charge < -0.3 is 20.1 Å². The van der Waals surface area contributed by atoms with Crippen LogP contribution in [0, 0.1) is 13.8 Å². The molecule has 8 nitrogen and oxygen atoms in total. The van der Waals surface area contributed by atoms with E-state index in [0.29, 0.717) is 54.1 Å². The van der Waals surface area contributed by atoms with Gasteiger partial charge in [-0.2, -0.15) is 4.98 Å². The molecule has 0 radical (unpaired) electrons. The van der Waals surface area contributed by atoms with Crippen molar-refractivity contribution >= 4 is 68.4 Å². The molecule has 0 aliphatic carbocycles. The van der Waals surface area contributed by atoms with E-state index in [4.69, 9.17) is 42.8 Å². The lowest BCUT2D eigenvalue weighted by Crippen LogP contribution is -2.31. The Hall–Kier alpha value is -3.96. The first-order chi connectivity index (χ1) is 23.1. The zero-order chi connectivity index (χ0) is 33.9. The van der Waals surface area contributed by atoms with Gasteiger partial charge in [-0.1, -0.05) is 89.1 Å². The summed E-state index contributed by atoms with van der Waals surface area (Å²) in [5.41, 5.74) is 6.50. The Morgan fingerprint density at radius 2 is 1.71 bits per heavy atom. The molecule has 1 aliphatic heterocycles. The number of aryl methyl sites for hydroxylation is 2. The van der Waals surface area contributed by atoms with Crippen molar-refractivity contribution in [3.8, 4) is 11.5 Å². The third-order valence-electron chi connectivity index (χ3n) is 7.92. The number of fused-ring (bicyclic) bond motifs is 1. The molecule has 6 rings (SSSR count). The van der Waals surface area contributed by atoms with Crippen LogP contribution in [0.2, 0.25) is 10.0 Å². The van der Waals surface area contributed by atoms with Crippen molar-refractivity contribution in [1.82, 2.24) is 14.8 Å². The number of carbonyl (C=O) groups is 1. The monoisotopic (exact) mass is 763 g/mol. The fraction of sp³-hybridized carbons (Fsp3) is 0.194. The van der Waals surface area contributed by atoms with E-state index in [1.807, 2.05) is 99.6 Å². The van der Waals surface area contributed by atoms with Gasteiger partial charge in [0.25, 0.3) is 5.91 Å². The topological polar surface area (TPSA) is 90.3 Å². The Morgan fingerprint density at radius 3 is 2.40 bits per heavy atom. The molecular weight excluding hydrogens is 733 g/mol. The van der Waals surface area contributed by atoms with Crippen molar-refractivity contribution < 1.29 is 14.3 Å². The number of hydrogen-bond acceptors (Lipinski definition) is 7. The van der Waals surface area contributed by atoms with Crippen molar-refractivity contribution in [3.63, 3.8) is 0 Å². The number of methoxy groups -OCH3 is 1. The number of thioether (sulfide) groups is 1. The van der Waals surface area contributed by atoms with Gasteiger partial charge in [-0.25, -0.2) is 4.68 Å². The largest absolute Gasteiger partial charge is 0.493 e. The van der Waals surface area contributed by atoms with Gasteiger partial charge in [0.2, 0.25) is 11.1 Å². The van der Waals surface area contributed by atoms with E-state index in [0.717, 1.165) is 33.5 Å². The maximum Gasteiger partial charge on any atom is 0.255 e. The van der Waals surface area contributed by atoms with Gasteiger partial charge in [0, 0.05) is 32.7 Å². The first kappa shape index (κ1) is 33.9. The van der Waals surface area contributed by atoms with E-state index in [9.17, 15) is 4.79 Å². The number of hydrogen-bond donors (Lipinski definition) is 2. The summed E-state index contributed by atoms with van der Waals surface area (Å²) < 4.78 is 14.4.